The van der Waals surface area contributed by atoms with Gasteiger partial charge in [-0.3, -0.25) is 4.98 Å². The average molecular weight is 528 g/mol. The fourth-order valence-corrected chi connectivity index (χ4v) is 6.64. The summed E-state index contributed by atoms with van der Waals surface area (Å²) in [4.78, 5) is 13.6. The number of nitrogens with one attached hydrogen (secondary N) is 2. The molecule has 11 heteroatoms. The van der Waals surface area contributed by atoms with Gasteiger partial charge in [0.05, 0.1) is 21.8 Å². The molecule has 6 rings (SSSR count). The molecule has 0 unspecified atom stereocenters. The van der Waals surface area contributed by atoms with Gasteiger partial charge in [-0.1, -0.05) is 6.07 Å². The number of aromatic nitrogens is 5. The number of hydrogen-bond acceptors (Lipinski definition) is 7. The second kappa shape index (κ2) is 8.00. The second-order valence-corrected chi connectivity index (χ2v) is 11.5. The van der Waals surface area contributed by atoms with E-state index in [2.05, 4.69) is 41.0 Å². The average Bonchev–Trinajstić information content (AvgIpc) is 3.36. The van der Waals surface area contributed by atoms with Crippen LogP contribution in [0.5, 0.6) is 0 Å². The molecular weight excluding hydrogens is 506 g/mol. The fourth-order valence-electron chi connectivity index (χ4n) is 4.38. The van der Waals surface area contributed by atoms with Gasteiger partial charge in [0.2, 0.25) is 16.0 Å². The van der Waals surface area contributed by atoms with E-state index in [0.717, 1.165) is 41.2 Å². The van der Waals surface area contributed by atoms with Crippen molar-refractivity contribution in [3.63, 3.8) is 0 Å². The Hall–Kier alpha value is -2.63. The monoisotopic (exact) mass is 527 g/mol. The van der Waals surface area contributed by atoms with Crippen molar-refractivity contribution in [1.29, 1.82) is 0 Å². The number of rotatable bonds is 6. The Balaban J connectivity index is 1.27. The molecule has 1 aromatic carbocycles. The molecular formula is C22H22BrN7O2S. The zero-order valence-corrected chi connectivity index (χ0v) is 20.1. The minimum absolute atomic E-state index is 0.00906. The quantitative estimate of drug-likeness (QED) is 0.394. The van der Waals surface area contributed by atoms with Gasteiger partial charge in [0.1, 0.15) is 4.60 Å². The SMILES string of the molecule is O=S(=O)(NC1CC1)[C@@H]1CC[C@@H](Nc2ncc3c(Br)nn(-c4ccc5ncccc5c4)c3n2)C1. The highest BCUT2D eigenvalue weighted by atomic mass is 79.9. The highest BCUT2D eigenvalue weighted by molar-refractivity contribution is 9.10. The van der Waals surface area contributed by atoms with Gasteiger partial charge in [0.25, 0.3) is 0 Å². The molecule has 33 heavy (non-hydrogen) atoms. The minimum Gasteiger partial charge on any atom is -0.351 e. The van der Waals surface area contributed by atoms with Gasteiger partial charge >= 0.3 is 0 Å². The van der Waals surface area contributed by atoms with E-state index in [4.69, 9.17) is 4.98 Å². The summed E-state index contributed by atoms with van der Waals surface area (Å²) < 4.78 is 30.4. The van der Waals surface area contributed by atoms with Gasteiger partial charge in [-0.05, 0) is 72.3 Å². The van der Waals surface area contributed by atoms with Crippen LogP contribution in [-0.2, 0) is 10.0 Å². The molecule has 0 radical (unpaired) electrons. The van der Waals surface area contributed by atoms with E-state index >= 15 is 0 Å². The summed E-state index contributed by atoms with van der Waals surface area (Å²) in [7, 11) is -3.27. The molecule has 0 amide bonds. The van der Waals surface area contributed by atoms with Crippen molar-refractivity contribution < 1.29 is 8.42 Å². The first kappa shape index (κ1) is 20.9. The van der Waals surface area contributed by atoms with E-state index < -0.39 is 10.0 Å². The van der Waals surface area contributed by atoms with Crippen LogP contribution in [-0.4, -0.2) is 50.5 Å². The predicted molar refractivity (Wildman–Crippen MR) is 130 cm³/mol. The summed E-state index contributed by atoms with van der Waals surface area (Å²) in [5.74, 6) is 0.469. The lowest BCUT2D eigenvalue weighted by Gasteiger charge is -2.14. The zero-order chi connectivity index (χ0) is 22.6. The molecule has 9 nitrogen and oxygen atoms in total. The lowest BCUT2D eigenvalue weighted by molar-refractivity contribution is 0.563. The van der Waals surface area contributed by atoms with Crippen LogP contribution in [0.1, 0.15) is 32.1 Å². The van der Waals surface area contributed by atoms with Gasteiger partial charge < -0.3 is 5.32 Å². The molecule has 2 saturated carbocycles. The first-order valence-corrected chi connectivity index (χ1v) is 13.3. The maximum atomic E-state index is 12.6. The third-order valence-corrected chi connectivity index (χ3v) is 8.83. The Morgan fingerprint density at radius 2 is 1.91 bits per heavy atom. The molecule has 4 aromatic rings. The second-order valence-electron chi connectivity index (χ2n) is 8.73. The molecule has 170 valence electrons. The molecule has 2 aliphatic rings. The fraction of sp³-hybridized carbons (Fsp3) is 0.364. The Bertz CT molecular complexity index is 1470. The molecule has 3 heterocycles. The van der Waals surface area contributed by atoms with Crippen LogP contribution >= 0.6 is 15.9 Å². The van der Waals surface area contributed by atoms with Crippen molar-refractivity contribution in [2.75, 3.05) is 5.32 Å². The number of sulfonamides is 1. The topological polar surface area (TPSA) is 115 Å². The third-order valence-electron chi connectivity index (χ3n) is 6.28. The minimum atomic E-state index is -3.27. The van der Waals surface area contributed by atoms with E-state index in [1.165, 1.54) is 0 Å². The standard InChI is InChI=1S/C22H22BrN7O2S/c23-20-18-12-25-22(26-15-5-7-17(11-15)33(31,32)29-14-3-4-14)27-21(18)30(28-20)16-6-8-19-13(10-16)2-1-9-24-19/h1-2,6,8-10,12,14-15,17,29H,3-5,7,11H2,(H,25,26,27)/t15-,17-/m1/s1. The number of hydrogen-bond donors (Lipinski definition) is 2. The Morgan fingerprint density at radius 3 is 2.76 bits per heavy atom. The summed E-state index contributed by atoms with van der Waals surface area (Å²) in [5.41, 5.74) is 2.45. The largest absolute Gasteiger partial charge is 0.351 e. The molecule has 0 spiro atoms. The highest BCUT2D eigenvalue weighted by Crippen LogP contribution is 2.31. The summed E-state index contributed by atoms with van der Waals surface area (Å²) in [6.07, 6.45) is 7.34. The van der Waals surface area contributed by atoms with Crippen molar-refractivity contribution in [1.82, 2.24) is 29.5 Å². The van der Waals surface area contributed by atoms with Crippen molar-refractivity contribution >= 4 is 53.8 Å². The van der Waals surface area contributed by atoms with Crippen molar-refractivity contribution in [3.8, 4) is 5.69 Å². The third kappa shape index (κ3) is 4.09. The summed E-state index contributed by atoms with van der Waals surface area (Å²) in [6.45, 7) is 0. The maximum Gasteiger partial charge on any atom is 0.224 e. The van der Waals surface area contributed by atoms with E-state index in [9.17, 15) is 8.42 Å². The van der Waals surface area contributed by atoms with Crippen molar-refractivity contribution in [2.45, 2.75) is 49.4 Å². The molecule has 2 N–H and O–H groups in total. The smallest absolute Gasteiger partial charge is 0.224 e. The first-order chi connectivity index (χ1) is 16.0. The van der Waals surface area contributed by atoms with Crippen LogP contribution in [0.15, 0.2) is 47.3 Å². The summed E-state index contributed by atoms with van der Waals surface area (Å²) >= 11 is 3.51. The molecule has 0 aliphatic heterocycles. The summed E-state index contributed by atoms with van der Waals surface area (Å²) in [5, 5.41) is 9.40. The lowest BCUT2D eigenvalue weighted by atomic mass is 10.2. The van der Waals surface area contributed by atoms with Crippen LogP contribution < -0.4 is 10.0 Å². The lowest BCUT2D eigenvalue weighted by Crippen LogP contribution is -2.35. The van der Waals surface area contributed by atoms with Gasteiger partial charge in [0, 0.05) is 29.9 Å². The maximum absolute atomic E-state index is 12.6. The summed E-state index contributed by atoms with van der Waals surface area (Å²) in [6, 6.07) is 10.0. The van der Waals surface area contributed by atoms with Crippen molar-refractivity contribution in [2.24, 2.45) is 0 Å². The zero-order valence-electron chi connectivity index (χ0n) is 17.6. The van der Waals surface area contributed by atoms with Gasteiger partial charge in [-0.25, -0.2) is 22.8 Å². The molecule has 3 aromatic heterocycles. The van der Waals surface area contributed by atoms with Crippen LogP contribution in [0.3, 0.4) is 0 Å². The molecule has 2 aliphatic carbocycles. The molecule has 0 saturated heterocycles. The van der Waals surface area contributed by atoms with Crippen LogP contribution in [0.25, 0.3) is 27.6 Å². The van der Waals surface area contributed by atoms with Gasteiger partial charge in [-0.2, -0.15) is 10.1 Å². The van der Waals surface area contributed by atoms with E-state index in [1.54, 1.807) is 17.1 Å². The number of anilines is 1. The Kier molecular flexibility index (Phi) is 5.07. The molecule has 0 bridgehead atoms. The van der Waals surface area contributed by atoms with E-state index in [1.807, 2.05) is 30.3 Å². The Labute approximate surface area is 199 Å². The van der Waals surface area contributed by atoms with E-state index in [-0.39, 0.29) is 17.3 Å². The van der Waals surface area contributed by atoms with Crippen LogP contribution in [0.2, 0.25) is 0 Å². The number of pyridine rings is 1. The van der Waals surface area contributed by atoms with Crippen LogP contribution in [0.4, 0.5) is 5.95 Å². The molecule has 2 atom stereocenters. The molecule has 2 fully saturated rings. The highest BCUT2D eigenvalue weighted by Gasteiger charge is 2.37. The van der Waals surface area contributed by atoms with Crippen molar-refractivity contribution in [3.05, 3.63) is 47.3 Å². The number of fused-ring (bicyclic) bond motifs is 2. The first-order valence-electron chi connectivity index (χ1n) is 11.0. The predicted octanol–water partition coefficient (Wildman–Crippen LogP) is 3.54. The number of nitrogens with zero attached hydrogens (tertiary/aromatic N) is 5. The number of halogens is 1. The van der Waals surface area contributed by atoms with E-state index in [0.29, 0.717) is 29.0 Å². The van der Waals surface area contributed by atoms with Gasteiger partial charge in [-0.15, -0.1) is 0 Å². The number of benzene rings is 1. The normalized spacial score (nSPS) is 21.1. The Morgan fingerprint density at radius 1 is 1.06 bits per heavy atom. The van der Waals surface area contributed by atoms with Gasteiger partial charge in [0.15, 0.2) is 5.65 Å². The van der Waals surface area contributed by atoms with Crippen LogP contribution in [0, 0.1) is 0 Å².